The van der Waals surface area contributed by atoms with Crippen LogP contribution < -0.4 is 5.72 Å². The summed E-state index contributed by atoms with van der Waals surface area (Å²) in [5, 5.41) is 10.2. The number of hydrogen-bond donors (Lipinski definition) is 1. The van der Waals surface area contributed by atoms with E-state index in [1.165, 1.54) is 24.3 Å². The van der Waals surface area contributed by atoms with Crippen LogP contribution in [-0.4, -0.2) is 4.92 Å². The van der Waals surface area contributed by atoms with Crippen LogP contribution >= 0.6 is 0 Å². The zero-order valence-corrected chi connectivity index (χ0v) is 5.02. The van der Waals surface area contributed by atoms with Crippen molar-refractivity contribution in [3.63, 3.8) is 0 Å². The number of non-ortho nitro benzene ring substituents is 1. The maximum absolute atomic E-state index is 10.2. The summed E-state index contributed by atoms with van der Waals surface area (Å²) in [5.74, 6) is 0. The molecule has 0 saturated heterocycles. The number of nitrogens with zero attached hydrogens (tertiary/aromatic N) is 1. The summed E-state index contributed by atoms with van der Waals surface area (Å²) in [5.41, 5.74) is 0.383. The monoisotopic (exact) mass is 140 g/mol. The van der Waals surface area contributed by atoms with Crippen LogP contribution in [0.4, 0.5) is 11.4 Å². The molecule has 1 aromatic rings. The van der Waals surface area contributed by atoms with E-state index in [1.54, 1.807) is 0 Å². The number of benzene rings is 1. The molecular formula is C6H6N2O2. The molecule has 0 aliphatic heterocycles. The summed E-state index contributed by atoms with van der Waals surface area (Å²) in [6, 6.07) is 5.36. The highest BCUT2D eigenvalue weighted by molar-refractivity contribution is 5.46. The lowest BCUT2D eigenvalue weighted by molar-refractivity contribution is -0.384. The average molecular weight is 140 g/mol. The standard InChI is InChI=1S/C6H6N2O2/c7-5-2-1-3-6(4-5)8(9)10/h1-4H,7H2/i/hD2. The third-order valence-electron chi connectivity index (χ3n) is 1.04. The van der Waals surface area contributed by atoms with E-state index in [1.807, 2.05) is 0 Å². The first kappa shape index (κ1) is 4.27. The van der Waals surface area contributed by atoms with Crippen LogP contribution in [0, 0.1) is 10.1 Å². The molecule has 0 aliphatic carbocycles. The van der Waals surface area contributed by atoms with Gasteiger partial charge in [0.1, 0.15) is 0 Å². The quantitative estimate of drug-likeness (QED) is 0.381. The second-order valence-electron chi connectivity index (χ2n) is 1.78. The molecule has 2 N–H and O–H groups in total. The molecule has 4 heteroatoms. The Morgan fingerprint density at radius 3 is 3.10 bits per heavy atom. The molecule has 1 rings (SSSR count). The zero-order valence-electron chi connectivity index (χ0n) is 7.02. The third kappa shape index (κ3) is 1.22. The van der Waals surface area contributed by atoms with Gasteiger partial charge in [-0.3, -0.25) is 10.1 Å². The number of hydrogen-bond acceptors (Lipinski definition) is 3. The highest BCUT2D eigenvalue weighted by atomic mass is 16.6. The van der Waals surface area contributed by atoms with E-state index in [0.29, 0.717) is 5.72 Å². The van der Waals surface area contributed by atoms with Crippen molar-refractivity contribution < 1.29 is 7.75 Å². The molecule has 10 heavy (non-hydrogen) atoms. The normalized spacial score (nSPS) is 11.6. The summed E-state index contributed by atoms with van der Waals surface area (Å²) in [7, 11) is 0. The molecule has 0 aromatic heterocycles. The van der Waals surface area contributed by atoms with Crippen molar-refractivity contribution in [1.29, 1.82) is 0 Å². The molecule has 0 amide bonds. The number of nitro benzene ring substituents is 1. The molecule has 0 aliphatic rings. The van der Waals surface area contributed by atoms with Crippen molar-refractivity contribution in [2.24, 2.45) is 0 Å². The second-order valence-corrected chi connectivity index (χ2v) is 1.78. The Morgan fingerprint density at radius 2 is 2.50 bits per heavy atom. The summed E-state index contributed by atoms with van der Waals surface area (Å²) in [4.78, 5) is 9.68. The minimum atomic E-state index is -0.562. The fourth-order valence-corrected chi connectivity index (χ4v) is 0.607. The first-order valence-corrected chi connectivity index (χ1v) is 2.63. The Kier molecular flexibility index (Phi) is 1.00. The van der Waals surface area contributed by atoms with Gasteiger partial charge in [-0.25, -0.2) is 0 Å². The molecule has 0 fully saturated rings. The number of rotatable bonds is 2. The predicted octanol–water partition coefficient (Wildman–Crippen LogP) is 1.18. The van der Waals surface area contributed by atoms with E-state index in [9.17, 15) is 10.1 Å². The minimum Gasteiger partial charge on any atom is -0.399 e. The predicted molar refractivity (Wildman–Crippen MR) is 37.5 cm³/mol. The van der Waals surface area contributed by atoms with Crippen molar-refractivity contribution in [2.75, 3.05) is 5.72 Å². The number of anilines is 1. The fraction of sp³-hybridized carbons (Fsp3) is 0. The maximum atomic E-state index is 10.2. The second kappa shape index (κ2) is 2.34. The summed E-state index contributed by atoms with van der Waals surface area (Å²) < 4.78 is 13.7. The fourth-order valence-electron chi connectivity index (χ4n) is 0.607. The van der Waals surface area contributed by atoms with Gasteiger partial charge in [-0.15, -0.1) is 0 Å². The molecule has 1 aromatic carbocycles. The lowest BCUT2D eigenvalue weighted by Gasteiger charge is -1.90. The summed E-state index contributed by atoms with van der Waals surface area (Å²) in [6.45, 7) is 0. The minimum absolute atomic E-state index is 0.114. The van der Waals surface area contributed by atoms with Crippen molar-refractivity contribution in [3.05, 3.63) is 34.4 Å². The summed E-state index contributed by atoms with van der Waals surface area (Å²) in [6.07, 6.45) is 0. The van der Waals surface area contributed by atoms with Gasteiger partial charge < -0.3 is 5.72 Å². The van der Waals surface area contributed by atoms with E-state index in [2.05, 4.69) is 0 Å². The van der Waals surface area contributed by atoms with Gasteiger partial charge in [0.15, 0.2) is 2.82 Å². The smallest absolute Gasteiger partial charge is 0.271 e. The Hall–Kier alpha value is -1.58. The topological polar surface area (TPSA) is 69.2 Å². The number of nitrogens with two attached hydrogens (primary N) is 1. The molecule has 0 bridgehead atoms. The zero-order chi connectivity index (χ0) is 9.14. The highest BCUT2D eigenvalue weighted by Gasteiger charge is 2.02. The van der Waals surface area contributed by atoms with Crippen molar-refractivity contribution in [3.8, 4) is 0 Å². The number of nitrogen functional groups attached to an aromatic ring is 1. The molecule has 0 spiro atoms. The van der Waals surface area contributed by atoms with Gasteiger partial charge in [-0.1, -0.05) is 6.07 Å². The highest BCUT2D eigenvalue weighted by Crippen LogP contribution is 2.13. The van der Waals surface area contributed by atoms with Gasteiger partial charge in [-0.05, 0) is 6.07 Å². The SMILES string of the molecule is [2H]N([2H])c1cccc([N+](=O)[O-])c1. The van der Waals surface area contributed by atoms with Gasteiger partial charge in [0.25, 0.3) is 5.69 Å². The van der Waals surface area contributed by atoms with Crippen LogP contribution in [0.2, 0.25) is 2.82 Å². The lowest BCUT2D eigenvalue weighted by atomic mass is 10.3. The maximum Gasteiger partial charge on any atom is 0.271 e. The third-order valence-corrected chi connectivity index (χ3v) is 1.04. The van der Waals surface area contributed by atoms with E-state index in [-0.39, 0.29) is 11.4 Å². The van der Waals surface area contributed by atoms with Crippen LogP contribution in [0.15, 0.2) is 24.3 Å². The first-order valence-electron chi connectivity index (χ1n) is 3.53. The molecule has 0 heterocycles. The van der Waals surface area contributed by atoms with Crippen LogP contribution in [0.1, 0.15) is 0 Å². The number of nitro groups is 1. The molecule has 0 unspecified atom stereocenters. The van der Waals surface area contributed by atoms with Crippen molar-refractivity contribution in [1.82, 2.24) is 0 Å². The van der Waals surface area contributed by atoms with E-state index >= 15 is 0 Å². The molecule has 0 radical (unpaired) electrons. The molecule has 0 atom stereocenters. The van der Waals surface area contributed by atoms with Gasteiger partial charge in [0.2, 0.25) is 0 Å². The first-order chi connectivity index (χ1) is 5.61. The Balaban J connectivity index is 3.04. The van der Waals surface area contributed by atoms with Crippen LogP contribution in [0.25, 0.3) is 0 Å². The van der Waals surface area contributed by atoms with Crippen LogP contribution in [0.5, 0.6) is 0 Å². The largest absolute Gasteiger partial charge is 0.399 e. The van der Waals surface area contributed by atoms with Gasteiger partial charge in [0.05, 0.1) is 4.92 Å². The van der Waals surface area contributed by atoms with Crippen molar-refractivity contribution >= 4 is 11.4 Å². The Labute approximate surface area is 60.4 Å². The van der Waals surface area contributed by atoms with Crippen molar-refractivity contribution in [2.45, 2.75) is 0 Å². The van der Waals surface area contributed by atoms with Crippen LogP contribution in [0.3, 0.4) is 0 Å². The average Bonchev–Trinajstić information content (AvgIpc) is 2.04. The van der Waals surface area contributed by atoms with Gasteiger partial charge in [0, 0.05) is 17.8 Å². The van der Waals surface area contributed by atoms with Gasteiger partial charge >= 0.3 is 0 Å². The van der Waals surface area contributed by atoms with Crippen LogP contribution in [-0.2, 0) is 0 Å². The molecule has 0 saturated carbocycles. The Morgan fingerprint density at radius 1 is 1.70 bits per heavy atom. The van der Waals surface area contributed by atoms with E-state index < -0.39 is 4.92 Å². The summed E-state index contributed by atoms with van der Waals surface area (Å²) >= 11 is 0. The van der Waals surface area contributed by atoms with E-state index in [0.717, 1.165) is 0 Å². The van der Waals surface area contributed by atoms with E-state index in [4.69, 9.17) is 2.82 Å². The molecular weight excluding hydrogens is 132 g/mol. The Bertz CT molecular complexity index is 303. The van der Waals surface area contributed by atoms with Gasteiger partial charge in [-0.2, -0.15) is 0 Å². The molecule has 4 nitrogen and oxygen atoms in total. The lowest BCUT2D eigenvalue weighted by Crippen LogP contribution is -1.89. The molecule has 52 valence electrons.